The molecule has 0 spiro atoms. The summed E-state index contributed by atoms with van der Waals surface area (Å²) in [5.41, 5.74) is 5.67. The average molecular weight is 1590 g/mol. The lowest BCUT2D eigenvalue weighted by atomic mass is 9.82. The number of carbonyl (C=O) groups is 3. The molecule has 588 valence electrons. The summed E-state index contributed by atoms with van der Waals surface area (Å²) in [5, 5.41) is 42.3. The fraction of sp³-hybridized carbons (Fsp3) is 0.341. The van der Waals surface area contributed by atoms with E-state index >= 15 is 0 Å². The van der Waals surface area contributed by atoms with Gasteiger partial charge in [-0.25, -0.2) is 62.2 Å². The summed E-state index contributed by atoms with van der Waals surface area (Å²) in [6, 6.07) is 42.8. The molecule has 10 aromatic rings. The van der Waals surface area contributed by atoms with Gasteiger partial charge in [0.15, 0.2) is 29.5 Å². The van der Waals surface area contributed by atoms with E-state index in [9.17, 15) is 76.9 Å². The van der Waals surface area contributed by atoms with Gasteiger partial charge in [-0.15, -0.1) is 0 Å². The molecule has 7 aromatic carbocycles. The normalized spacial score (nSPS) is 15.2. The Hall–Kier alpha value is -10.0. The molecular weight excluding hydrogens is 1500 g/mol. The summed E-state index contributed by atoms with van der Waals surface area (Å²) in [4.78, 5) is 52.9. The zero-order valence-corrected chi connectivity index (χ0v) is 64.3. The minimum Gasteiger partial charge on any atom is -0.477 e. The summed E-state index contributed by atoms with van der Waals surface area (Å²) >= 11 is 0. The molecule has 0 aliphatic heterocycles. The second-order valence-electron chi connectivity index (χ2n) is 27.5. The van der Waals surface area contributed by atoms with Crippen molar-refractivity contribution in [2.24, 2.45) is 11.8 Å². The lowest BCUT2D eigenvalue weighted by molar-refractivity contribution is -0.119. The number of aryl methyl sites for hydroxylation is 3. The third-order valence-electron chi connectivity index (χ3n) is 19.3. The Balaban J connectivity index is 0.000000177. The van der Waals surface area contributed by atoms with Crippen LogP contribution < -0.4 is 30.2 Å². The number of alkyl halides is 4. The van der Waals surface area contributed by atoms with Crippen LogP contribution >= 0.6 is 0 Å². The Bertz CT molecular complexity index is 5340. The topological polar surface area (TPSA) is 317 Å². The van der Waals surface area contributed by atoms with E-state index in [0.717, 1.165) is 21.7 Å². The molecule has 29 heteroatoms. The number of carbonyl (C=O) groups excluding carboxylic acids is 3. The van der Waals surface area contributed by atoms with Gasteiger partial charge in [-0.2, -0.15) is 0 Å². The first-order valence-corrected chi connectivity index (χ1v) is 41.0. The zero-order chi connectivity index (χ0) is 80.2. The van der Waals surface area contributed by atoms with E-state index in [-0.39, 0.29) is 108 Å². The van der Waals surface area contributed by atoms with Crippen LogP contribution in [-0.2, 0) is 36.1 Å². The monoisotopic (exact) mass is 1590 g/mol. The molecule has 2 fully saturated rings. The molecule has 0 radical (unpaired) electrons. The molecule has 2 aliphatic carbocycles. The van der Waals surface area contributed by atoms with Gasteiger partial charge in [0, 0.05) is 81.5 Å². The van der Waals surface area contributed by atoms with Gasteiger partial charge in [-0.3, -0.25) is 14.4 Å². The maximum atomic E-state index is 13.5. The van der Waals surface area contributed by atoms with Crippen molar-refractivity contribution in [3.05, 3.63) is 232 Å². The van der Waals surface area contributed by atoms with Crippen molar-refractivity contribution in [2.45, 2.75) is 131 Å². The minimum absolute atomic E-state index is 0.0114. The van der Waals surface area contributed by atoms with Crippen LogP contribution in [-0.4, -0.2) is 135 Å². The van der Waals surface area contributed by atoms with Crippen molar-refractivity contribution in [3.8, 4) is 17.6 Å². The highest BCUT2D eigenvalue weighted by Gasteiger charge is 2.45. The molecule has 21 nitrogen and oxygen atoms in total. The van der Waals surface area contributed by atoms with Gasteiger partial charge in [0.1, 0.15) is 12.4 Å². The molecule has 2 aliphatic rings. The molecule has 12 rings (SSSR count). The molecule has 0 saturated heterocycles. The van der Waals surface area contributed by atoms with Gasteiger partial charge in [0.25, 0.3) is 17.7 Å². The van der Waals surface area contributed by atoms with Crippen molar-refractivity contribution >= 4 is 79.6 Å². The number of fused-ring (bicyclic) bond motifs is 3. The molecule has 0 unspecified atom stereocenters. The third-order valence-corrected chi connectivity index (χ3v) is 24.6. The molecule has 3 atom stereocenters. The quantitative estimate of drug-likeness (QED) is 0.0261. The summed E-state index contributed by atoms with van der Waals surface area (Å²) in [6.07, 6.45) is 0.180. The number of benzene rings is 7. The summed E-state index contributed by atoms with van der Waals surface area (Å²) in [7, 11) is -10.0. The number of hydrogen-bond acceptors (Lipinski definition) is 18. The van der Waals surface area contributed by atoms with Gasteiger partial charge in [-0.05, 0) is 199 Å². The van der Waals surface area contributed by atoms with Gasteiger partial charge < -0.3 is 45.5 Å². The predicted molar refractivity (Wildman–Crippen MR) is 410 cm³/mol. The predicted octanol–water partition coefficient (Wildman–Crippen LogP) is 13.7. The molecule has 3 amide bonds. The Morgan fingerprint density at radius 1 is 0.441 bits per heavy atom. The first kappa shape index (κ1) is 83.4. The van der Waals surface area contributed by atoms with E-state index in [0.29, 0.717) is 104 Å². The lowest BCUT2D eigenvalue weighted by Crippen LogP contribution is -2.38. The fourth-order valence-corrected chi connectivity index (χ4v) is 15.4. The summed E-state index contributed by atoms with van der Waals surface area (Å²) < 4.78 is 156. The van der Waals surface area contributed by atoms with Crippen LogP contribution in [0.5, 0.6) is 17.6 Å². The molecule has 6 N–H and O–H groups in total. The first-order chi connectivity index (χ1) is 52.7. The number of aromatic nitrogens is 3. The van der Waals surface area contributed by atoms with E-state index in [1.807, 2.05) is 26.0 Å². The third kappa shape index (κ3) is 21.6. The number of aliphatic hydroxyl groups is 3. The van der Waals surface area contributed by atoms with Gasteiger partial charge in [-0.1, -0.05) is 69.3 Å². The van der Waals surface area contributed by atoms with Crippen molar-refractivity contribution in [1.29, 1.82) is 0 Å². The number of pyridine rings is 3. The number of aliphatic hydroxyl groups excluding tert-OH is 3. The molecule has 111 heavy (non-hydrogen) atoms. The number of sulfone groups is 3. The molecule has 0 bridgehead atoms. The van der Waals surface area contributed by atoms with E-state index < -0.39 is 77.2 Å². The standard InChI is InChI=1S/C28H32F2N2O5S.C28H27FN2O5S.C26H28F2N2O5S/c1-3-38(35,36)23-7-4-20(5-8-23)25(16-33)32-26(34)21-6-9-24-22(15-21)14-18(2)31-27(24)37-17-19-10-12-28(29,30)13-11-19;1-3-37(34,35)24-11-6-20(7-12-24)26(16-32)31-27(33)21-8-13-25-22(15-21)14-18(2)30-28(25)36-17-19-4-9-23(29)10-5-19;1-3-36(33,34)21-7-4-18(5-8-21)23(14-31)30-24(32)19-6-9-22-20(11-19)10-16(2)29-25(22)35-15-17-12-26(27,28)13-17/h4-9,14-15,19,25,33H,3,10-13,16-17H2,1-2H3,(H,32,34);4-15,26,32H,3,16-17H2,1-2H3,(H,31,33);4-11,17,23,31H,3,12-15H2,1-2H3,(H,30,32)/t25-;26-;23-/m000/s1. The second kappa shape index (κ2) is 36.0. The fourth-order valence-electron chi connectivity index (χ4n) is 12.8. The number of nitrogens with zero attached hydrogens (tertiary/aromatic N) is 3. The van der Waals surface area contributed by atoms with Crippen LogP contribution in [0.15, 0.2) is 185 Å². The van der Waals surface area contributed by atoms with E-state index in [1.54, 1.807) is 137 Å². The highest BCUT2D eigenvalue weighted by Crippen LogP contribution is 2.43. The maximum Gasteiger partial charge on any atom is 0.251 e. The second-order valence-corrected chi connectivity index (χ2v) is 34.4. The highest BCUT2D eigenvalue weighted by molar-refractivity contribution is 7.92. The van der Waals surface area contributed by atoms with Crippen molar-refractivity contribution in [2.75, 3.05) is 50.3 Å². The first-order valence-electron chi connectivity index (χ1n) is 36.1. The number of amides is 3. The van der Waals surface area contributed by atoms with Crippen LogP contribution in [0.2, 0.25) is 0 Å². The van der Waals surface area contributed by atoms with Crippen molar-refractivity contribution in [1.82, 2.24) is 30.9 Å². The summed E-state index contributed by atoms with van der Waals surface area (Å²) in [5.74, 6) is -5.82. The van der Waals surface area contributed by atoms with Gasteiger partial charge in [0.2, 0.25) is 29.5 Å². The Morgan fingerprint density at radius 3 is 1.06 bits per heavy atom. The molecule has 2 saturated carbocycles. The van der Waals surface area contributed by atoms with E-state index in [2.05, 4.69) is 30.9 Å². The Morgan fingerprint density at radius 2 is 0.757 bits per heavy atom. The lowest BCUT2D eigenvalue weighted by Gasteiger charge is -2.34. The average Bonchev–Trinajstić information content (AvgIpc) is 0.794. The van der Waals surface area contributed by atoms with Crippen LogP contribution in [0.4, 0.5) is 22.0 Å². The maximum absolute atomic E-state index is 13.5. The summed E-state index contributed by atoms with van der Waals surface area (Å²) in [6.45, 7) is 9.68. The zero-order valence-electron chi connectivity index (χ0n) is 61.9. The SMILES string of the molecule is CCS(=O)(=O)c1ccc([C@H](CO)NC(=O)c2ccc3c(OCC4CC(F)(F)C4)nc(C)cc3c2)cc1.CCS(=O)(=O)c1ccc([C@H](CO)NC(=O)c2ccc3c(OCC4CCC(F)(F)CC4)nc(C)cc3c2)cc1.CCS(=O)(=O)c1ccc([C@H](CO)NC(=O)c2ccc3c(OCc4ccc(F)cc4)nc(C)cc3c2)cc1. The van der Waals surface area contributed by atoms with Crippen LogP contribution in [0, 0.1) is 38.4 Å². The Kier molecular flexibility index (Phi) is 27.0. The van der Waals surface area contributed by atoms with Gasteiger partial charge in [0.05, 0.1) is 83.1 Å². The van der Waals surface area contributed by atoms with E-state index in [1.165, 1.54) is 48.5 Å². The number of hydrogen-bond donors (Lipinski definition) is 6. The minimum atomic E-state index is -3.35. The van der Waals surface area contributed by atoms with E-state index in [4.69, 9.17) is 14.2 Å². The van der Waals surface area contributed by atoms with Crippen LogP contribution in [0.1, 0.15) is 148 Å². The van der Waals surface area contributed by atoms with Gasteiger partial charge >= 0.3 is 0 Å². The number of rotatable bonds is 27. The highest BCUT2D eigenvalue weighted by atomic mass is 32.2. The molecule has 3 heterocycles. The number of ether oxygens (including phenoxy) is 3. The van der Waals surface area contributed by atoms with Crippen LogP contribution in [0.25, 0.3) is 32.3 Å². The Labute approximate surface area is 640 Å². The van der Waals surface area contributed by atoms with Crippen molar-refractivity contribution < 1.29 is 91.1 Å². The number of halogens is 5. The van der Waals surface area contributed by atoms with Crippen molar-refractivity contribution in [3.63, 3.8) is 0 Å². The molecule has 3 aromatic heterocycles. The largest absolute Gasteiger partial charge is 0.477 e. The number of nitrogens with one attached hydrogen (secondary N) is 3. The molecular formula is C82H87F5N6O15S3. The van der Waals surface area contributed by atoms with Crippen LogP contribution in [0.3, 0.4) is 0 Å². The smallest absolute Gasteiger partial charge is 0.251 e.